The van der Waals surface area contributed by atoms with E-state index >= 15 is 0 Å². The molecule has 0 saturated heterocycles. The minimum Gasteiger partial charge on any atom is -0.394 e. The van der Waals surface area contributed by atoms with Crippen LogP contribution in [0.1, 0.15) is 23.3 Å². The minimum atomic E-state index is -0.248. The second-order valence-electron chi connectivity index (χ2n) is 6.20. The fourth-order valence-corrected chi connectivity index (χ4v) is 2.91. The number of H-pyrrole nitrogens is 1. The molecule has 4 rings (SSSR count). The van der Waals surface area contributed by atoms with E-state index in [0.717, 1.165) is 10.9 Å². The standard InChI is InChI=1S/C19H18N6O2/c1-12(10-26)25-11-21-24-18(25)16-7-4-8-17(22-16)23-19(27)14-9-20-15-6-3-2-5-13(14)15/h2-9,11-12,20,26H,10H2,1H3,(H,22,23,27)/t12-/m1/s1. The molecule has 0 spiro atoms. The van der Waals surface area contributed by atoms with Crippen molar-refractivity contribution in [3.8, 4) is 11.5 Å². The van der Waals surface area contributed by atoms with Gasteiger partial charge in [-0.25, -0.2) is 4.98 Å². The maximum absolute atomic E-state index is 12.7. The third-order valence-corrected chi connectivity index (χ3v) is 4.37. The maximum Gasteiger partial charge on any atom is 0.258 e. The average Bonchev–Trinajstić information content (AvgIpc) is 3.35. The van der Waals surface area contributed by atoms with E-state index in [4.69, 9.17) is 0 Å². The molecule has 8 heteroatoms. The number of aliphatic hydroxyl groups excluding tert-OH is 1. The molecule has 8 nitrogen and oxygen atoms in total. The fraction of sp³-hybridized carbons (Fsp3) is 0.158. The lowest BCUT2D eigenvalue weighted by atomic mass is 10.1. The summed E-state index contributed by atoms with van der Waals surface area (Å²) in [4.78, 5) is 20.2. The summed E-state index contributed by atoms with van der Waals surface area (Å²) in [6.07, 6.45) is 3.23. The van der Waals surface area contributed by atoms with Crippen LogP contribution in [0.5, 0.6) is 0 Å². The first-order valence-electron chi connectivity index (χ1n) is 8.52. The monoisotopic (exact) mass is 362 g/mol. The van der Waals surface area contributed by atoms with E-state index in [9.17, 15) is 9.90 Å². The molecular formula is C19H18N6O2. The number of aromatic amines is 1. The zero-order valence-corrected chi connectivity index (χ0v) is 14.6. The highest BCUT2D eigenvalue weighted by atomic mass is 16.3. The molecule has 136 valence electrons. The van der Waals surface area contributed by atoms with Gasteiger partial charge in [-0.3, -0.25) is 4.79 Å². The Bertz CT molecular complexity index is 1100. The molecule has 0 radical (unpaired) electrons. The number of fused-ring (bicyclic) bond motifs is 1. The first-order chi connectivity index (χ1) is 13.2. The number of aromatic nitrogens is 5. The maximum atomic E-state index is 12.7. The van der Waals surface area contributed by atoms with E-state index < -0.39 is 0 Å². The Morgan fingerprint density at radius 3 is 2.96 bits per heavy atom. The molecule has 0 aliphatic rings. The molecule has 3 N–H and O–H groups in total. The summed E-state index contributed by atoms with van der Waals surface area (Å²) in [5.41, 5.74) is 2.01. The smallest absolute Gasteiger partial charge is 0.258 e. The van der Waals surface area contributed by atoms with Crippen molar-refractivity contribution >= 4 is 22.6 Å². The summed E-state index contributed by atoms with van der Waals surface area (Å²) in [6.45, 7) is 1.82. The van der Waals surface area contributed by atoms with Crippen molar-refractivity contribution in [3.05, 3.63) is 60.6 Å². The highest BCUT2D eigenvalue weighted by Gasteiger charge is 2.16. The zero-order valence-electron chi connectivity index (χ0n) is 14.6. The normalized spacial score (nSPS) is 12.2. The number of nitrogens with zero attached hydrogens (tertiary/aromatic N) is 4. The molecule has 0 aliphatic heterocycles. The van der Waals surface area contributed by atoms with Gasteiger partial charge in [-0.2, -0.15) is 0 Å². The number of anilines is 1. The van der Waals surface area contributed by atoms with Crippen LogP contribution < -0.4 is 5.32 Å². The summed E-state index contributed by atoms with van der Waals surface area (Å²) < 4.78 is 1.74. The van der Waals surface area contributed by atoms with Crippen molar-refractivity contribution in [1.29, 1.82) is 0 Å². The second-order valence-corrected chi connectivity index (χ2v) is 6.20. The predicted octanol–water partition coefficient (Wildman–Crippen LogP) is 2.63. The summed E-state index contributed by atoms with van der Waals surface area (Å²) in [5, 5.41) is 21.1. The first kappa shape index (κ1) is 16.9. The Morgan fingerprint density at radius 2 is 2.11 bits per heavy atom. The predicted molar refractivity (Wildman–Crippen MR) is 101 cm³/mol. The lowest BCUT2D eigenvalue weighted by molar-refractivity contribution is 0.102. The number of rotatable bonds is 5. The zero-order chi connectivity index (χ0) is 18.8. The molecule has 4 aromatic rings. The molecule has 0 saturated carbocycles. The summed E-state index contributed by atoms with van der Waals surface area (Å²) in [5.74, 6) is 0.691. The Morgan fingerprint density at radius 1 is 1.26 bits per heavy atom. The topological polar surface area (TPSA) is 109 Å². The Labute approximate surface area is 154 Å². The molecule has 1 atom stereocenters. The van der Waals surface area contributed by atoms with E-state index in [2.05, 4.69) is 25.5 Å². The van der Waals surface area contributed by atoms with Crippen molar-refractivity contribution in [2.45, 2.75) is 13.0 Å². The number of carbonyl (C=O) groups excluding carboxylic acids is 1. The molecule has 0 fully saturated rings. The SMILES string of the molecule is C[C@H](CO)n1cnnc1-c1cccc(NC(=O)c2c[nH]c3ccccc23)n1. The molecule has 0 bridgehead atoms. The summed E-state index contributed by atoms with van der Waals surface area (Å²) in [7, 11) is 0. The van der Waals surface area contributed by atoms with Crippen molar-refractivity contribution in [2.24, 2.45) is 0 Å². The van der Waals surface area contributed by atoms with Crippen LogP contribution in [0.25, 0.3) is 22.4 Å². The lowest BCUT2D eigenvalue weighted by Gasteiger charge is -2.12. The van der Waals surface area contributed by atoms with Crippen LogP contribution in [0.15, 0.2) is 55.0 Å². The average molecular weight is 362 g/mol. The Balaban J connectivity index is 1.62. The number of pyridine rings is 1. The largest absolute Gasteiger partial charge is 0.394 e. The Kier molecular flexibility index (Phi) is 4.39. The van der Waals surface area contributed by atoms with Gasteiger partial charge in [-0.1, -0.05) is 24.3 Å². The van der Waals surface area contributed by atoms with E-state index in [0.29, 0.717) is 22.9 Å². The molecule has 1 amide bonds. The number of hydrogen-bond acceptors (Lipinski definition) is 5. The van der Waals surface area contributed by atoms with Crippen molar-refractivity contribution < 1.29 is 9.90 Å². The number of benzene rings is 1. The molecular weight excluding hydrogens is 344 g/mol. The van der Waals surface area contributed by atoms with E-state index in [1.165, 1.54) is 0 Å². The third-order valence-electron chi connectivity index (χ3n) is 4.37. The van der Waals surface area contributed by atoms with Crippen LogP contribution in [-0.4, -0.2) is 42.4 Å². The number of carbonyl (C=O) groups is 1. The number of nitrogens with one attached hydrogen (secondary N) is 2. The molecule has 1 aromatic carbocycles. The van der Waals surface area contributed by atoms with Crippen LogP contribution >= 0.6 is 0 Å². The quantitative estimate of drug-likeness (QED) is 0.506. The number of para-hydroxylation sites is 1. The first-order valence-corrected chi connectivity index (χ1v) is 8.52. The van der Waals surface area contributed by atoms with E-state index in [1.807, 2.05) is 31.2 Å². The van der Waals surface area contributed by atoms with Crippen molar-refractivity contribution in [1.82, 2.24) is 24.7 Å². The van der Waals surface area contributed by atoms with Gasteiger partial charge >= 0.3 is 0 Å². The van der Waals surface area contributed by atoms with Gasteiger partial charge in [0.25, 0.3) is 5.91 Å². The van der Waals surface area contributed by atoms with Crippen molar-refractivity contribution in [3.63, 3.8) is 0 Å². The molecule has 3 heterocycles. The van der Waals surface area contributed by atoms with Crippen LogP contribution in [0, 0.1) is 0 Å². The van der Waals surface area contributed by atoms with Crippen LogP contribution in [0.4, 0.5) is 5.82 Å². The van der Waals surface area contributed by atoms with E-state index in [1.54, 1.807) is 35.3 Å². The third kappa shape index (κ3) is 3.18. The lowest BCUT2D eigenvalue weighted by Crippen LogP contribution is -2.13. The van der Waals surface area contributed by atoms with Gasteiger partial charge in [0, 0.05) is 17.1 Å². The van der Waals surface area contributed by atoms with Crippen LogP contribution in [-0.2, 0) is 0 Å². The fourth-order valence-electron chi connectivity index (χ4n) is 2.91. The van der Waals surface area contributed by atoms with Gasteiger partial charge in [0.1, 0.15) is 17.8 Å². The molecule has 3 aromatic heterocycles. The minimum absolute atomic E-state index is 0.0397. The highest BCUT2D eigenvalue weighted by molar-refractivity contribution is 6.12. The van der Waals surface area contributed by atoms with Gasteiger partial charge in [-0.05, 0) is 25.1 Å². The molecule has 0 unspecified atom stereocenters. The number of hydrogen-bond donors (Lipinski definition) is 3. The molecule has 0 aliphatic carbocycles. The highest BCUT2D eigenvalue weighted by Crippen LogP contribution is 2.22. The van der Waals surface area contributed by atoms with Crippen LogP contribution in [0.2, 0.25) is 0 Å². The number of amides is 1. The van der Waals surface area contributed by atoms with Gasteiger partial charge < -0.3 is 20.0 Å². The van der Waals surface area contributed by atoms with Gasteiger partial charge in [-0.15, -0.1) is 10.2 Å². The van der Waals surface area contributed by atoms with Gasteiger partial charge in [0.15, 0.2) is 5.82 Å². The summed E-state index contributed by atoms with van der Waals surface area (Å²) >= 11 is 0. The number of aliphatic hydroxyl groups is 1. The van der Waals surface area contributed by atoms with Gasteiger partial charge in [0.05, 0.1) is 18.2 Å². The van der Waals surface area contributed by atoms with Gasteiger partial charge in [0.2, 0.25) is 0 Å². The van der Waals surface area contributed by atoms with Crippen LogP contribution in [0.3, 0.4) is 0 Å². The molecule has 27 heavy (non-hydrogen) atoms. The van der Waals surface area contributed by atoms with Crippen molar-refractivity contribution in [2.75, 3.05) is 11.9 Å². The Hall–Kier alpha value is -3.52. The van der Waals surface area contributed by atoms with E-state index in [-0.39, 0.29) is 18.6 Å². The summed E-state index contributed by atoms with van der Waals surface area (Å²) in [6, 6.07) is 12.7. The second kappa shape index (κ2) is 7.00.